The number of carbonyl (C=O) groups excluding carboxylic acids is 1. The molecule has 368 valence electrons. The molecule has 0 spiro atoms. The summed E-state index contributed by atoms with van der Waals surface area (Å²) in [6.45, 7) is 9.24. The zero-order chi connectivity index (χ0) is 47.0. The Morgan fingerprint density at radius 3 is 2.32 bits per heavy atom. The minimum atomic E-state index is -1.48. The maximum absolute atomic E-state index is 14.8. The Balaban J connectivity index is 1.58. The molecule has 0 saturated heterocycles. The van der Waals surface area contributed by atoms with Gasteiger partial charge in [0.25, 0.3) is 0 Å². The molecule has 66 heavy (non-hydrogen) atoms. The molecule has 6 atom stereocenters. The van der Waals surface area contributed by atoms with Crippen LogP contribution in [0.5, 0.6) is 11.5 Å². The molecular weight excluding hydrogens is 844 g/mol. The Hall–Kier alpha value is -4.01. The van der Waals surface area contributed by atoms with Crippen molar-refractivity contribution in [3.63, 3.8) is 0 Å². The second kappa shape index (κ2) is 29.0. The van der Waals surface area contributed by atoms with Crippen molar-refractivity contribution in [2.75, 3.05) is 59.4 Å². The summed E-state index contributed by atoms with van der Waals surface area (Å²) in [5.74, 6) is -1.42. The number of fused-ring (bicyclic) bond motifs is 2. The fraction of sp³-hybridized carbons (Fsp3) is 0.660. The first-order chi connectivity index (χ1) is 32.4. The number of halogens is 1. The number of benzene rings is 2. The number of rotatable bonds is 33. The molecule has 0 aromatic heterocycles. The second-order valence-corrected chi connectivity index (χ2v) is 17.9. The Kier molecular flexibility index (Phi) is 23.3. The number of oxime groups is 1. The third-order valence-corrected chi connectivity index (χ3v) is 13.3. The summed E-state index contributed by atoms with van der Waals surface area (Å²) in [4.78, 5) is 22.2. The quantitative estimate of drug-likeness (QED) is 0.0359. The summed E-state index contributed by atoms with van der Waals surface area (Å²) >= 11 is 0. The van der Waals surface area contributed by atoms with Crippen LogP contribution in [0.3, 0.4) is 0 Å². The molecule has 13 heteroatoms. The zero-order valence-corrected chi connectivity index (χ0v) is 39.9. The molecule has 6 unspecified atom stereocenters. The van der Waals surface area contributed by atoms with E-state index in [-0.39, 0.29) is 89.4 Å². The number of unbranched alkanes of at least 4 members (excludes halogenated alkanes) is 11. The predicted molar refractivity (Wildman–Crippen MR) is 255 cm³/mol. The average Bonchev–Trinajstić information content (AvgIpc) is 3.33. The van der Waals surface area contributed by atoms with E-state index >= 15 is 0 Å². The van der Waals surface area contributed by atoms with Crippen molar-refractivity contribution in [1.82, 2.24) is 4.90 Å². The van der Waals surface area contributed by atoms with Crippen LogP contribution in [-0.4, -0.2) is 103 Å². The lowest BCUT2D eigenvalue weighted by atomic mass is 9.55. The van der Waals surface area contributed by atoms with Crippen LogP contribution in [0.15, 0.2) is 71.9 Å². The van der Waals surface area contributed by atoms with Gasteiger partial charge in [0, 0.05) is 43.2 Å². The van der Waals surface area contributed by atoms with Crippen molar-refractivity contribution >= 4 is 11.8 Å². The largest absolute Gasteiger partial charge is 0.489 e. The van der Waals surface area contributed by atoms with Crippen LogP contribution in [0.4, 0.5) is 9.18 Å². The highest BCUT2D eigenvalue weighted by molar-refractivity contribution is 6.03. The molecule has 2 aliphatic carbocycles. The second-order valence-electron chi connectivity index (χ2n) is 17.9. The van der Waals surface area contributed by atoms with Crippen LogP contribution in [0.2, 0.25) is 0 Å². The molecule has 2 aromatic carbocycles. The summed E-state index contributed by atoms with van der Waals surface area (Å²) in [6, 6.07) is 11.5. The normalized spacial score (nSPS) is 22.5. The van der Waals surface area contributed by atoms with E-state index < -0.39 is 23.8 Å². The SMILES string of the molecule is C=CCOC12Oc3ccc(OCc4ccccc4F)cc3C3C(CCCCO)C(CCCCO)C=C(C(=NOCC)CC1N(CCOCCO)C(=O)OCCCCCCCCCCCC)C32. The summed E-state index contributed by atoms with van der Waals surface area (Å²) in [5.41, 5.74) is 2.93. The molecular formula is C53H79FN2O10. The summed E-state index contributed by atoms with van der Waals surface area (Å²) < 4.78 is 47.4. The molecule has 1 fully saturated rings. The molecule has 0 radical (unpaired) electrons. The van der Waals surface area contributed by atoms with Crippen molar-refractivity contribution in [1.29, 1.82) is 0 Å². The molecule has 1 heterocycles. The first-order valence-electron chi connectivity index (χ1n) is 25.1. The van der Waals surface area contributed by atoms with E-state index in [9.17, 15) is 24.5 Å². The Morgan fingerprint density at radius 1 is 0.894 bits per heavy atom. The lowest BCUT2D eigenvalue weighted by Gasteiger charge is -2.59. The van der Waals surface area contributed by atoms with Crippen molar-refractivity contribution in [3.05, 3.63) is 83.7 Å². The number of nitrogens with zero attached hydrogens (tertiary/aromatic N) is 2. The Morgan fingerprint density at radius 2 is 1.62 bits per heavy atom. The fourth-order valence-electron chi connectivity index (χ4n) is 10.2. The molecule has 12 nitrogen and oxygen atoms in total. The number of carbonyl (C=O) groups is 1. The van der Waals surface area contributed by atoms with E-state index in [0.29, 0.717) is 42.2 Å². The van der Waals surface area contributed by atoms with Crippen LogP contribution in [0.25, 0.3) is 0 Å². The lowest BCUT2D eigenvalue weighted by Crippen LogP contribution is -2.70. The first kappa shape index (κ1) is 53.0. The van der Waals surface area contributed by atoms with E-state index in [1.54, 1.807) is 29.2 Å². The number of allylic oxidation sites excluding steroid dienone is 1. The molecule has 5 rings (SSSR count). The minimum Gasteiger partial charge on any atom is -0.489 e. The highest BCUT2D eigenvalue weighted by atomic mass is 19.1. The van der Waals surface area contributed by atoms with Crippen LogP contribution in [-0.2, 0) is 25.7 Å². The molecule has 1 aliphatic heterocycles. The first-order valence-corrected chi connectivity index (χ1v) is 25.1. The number of hydrogen-bond acceptors (Lipinski definition) is 11. The molecule has 2 aromatic rings. The van der Waals surface area contributed by atoms with E-state index in [1.807, 2.05) is 25.1 Å². The number of ether oxygens (including phenoxy) is 5. The van der Waals surface area contributed by atoms with E-state index in [4.69, 9.17) is 33.7 Å². The minimum absolute atomic E-state index is 0.0110. The van der Waals surface area contributed by atoms with Gasteiger partial charge < -0.3 is 43.8 Å². The van der Waals surface area contributed by atoms with Crippen LogP contribution in [0, 0.1) is 23.6 Å². The Bertz CT molecular complexity index is 1810. The topological polar surface area (TPSA) is 149 Å². The lowest BCUT2D eigenvalue weighted by molar-refractivity contribution is -0.256. The number of aliphatic hydroxyl groups excluding tert-OH is 3. The maximum Gasteiger partial charge on any atom is 0.410 e. The number of aliphatic hydroxyl groups is 3. The van der Waals surface area contributed by atoms with Crippen molar-refractivity contribution in [2.24, 2.45) is 22.9 Å². The van der Waals surface area contributed by atoms with Gasteiger partial charge in [-0.3, -0.25) is 4.90 Å². The molecule has 1 amide bonds. The highest BCUT2D eigenvalue weighted by Gasteiger charge is 2.65. The molecule has 3 N–H and O–H groups in total. The Labute approximate surface area is 393 Å². The van der Waals surface area contributed by atoms with Crippen LogP contribution < -0.4 is 9.47 Å². The van der Waals surface area contributed by atoms with Crippen molar-refractivity contribution < 1.29 is 53.0 Å². The van der Waals surface area contributed by atoms with Gasteiger partial charge in [0.15, 0.2) is 0 Å². The van der Waals surface area contributed by atoms with Gasteiger partial charge in [0.1, 0.15) is 36.6 Å². The summed E-state index contributed by atoms with van der Waals surface area (Å²) in [6.07, 6.45) is 19.7. The standard InChI is InChI=1S/C53H79FN2O10/c1-4-7-8-9-10-11-12-13-14-21-33-62-52(60)56(28-34-61-35-31-59)49-38-47(55-65-6-3)44-36-40(22-17-19-29-57)43(24-18-20-30-58)50-45-37-42(63-39-41-23-15-16-25-46(41)54)26-27-48(45)66-53(49,51(44)50)64-32-5-2/h5,15-16,23,25-27,36-37,40,43,49-51,57-59H,2,4,6-14,17-22,24,28-35,38-39H2,1,3H3. The van der Waals surface area contributed by atoms with Gasteiger partial charge in [0.2, 0.25) is 5.79 Å². The third kappa shape index (κ3) is 14.5. The number of hydrogen-bond donors (Lipinski definition) is 3. The van der Waals surface area contributed by atoms with Crippen LogP contribution in [0.1, 0.15) is 140 Å². The fourth-order valence-corrected chi connectivity index (χ4v) is 10.2. The summed E-state index contributed by atoms with van der Waals surface area (Å²) in [7, 11) is 0. The molecule has 0 bridgehead atoms. The smallest absolute Gasteiger partial charge is 0.410 e. The highest BCUT2D eigenvalue weighted by Crippen LogP contribution is 2.62. The van der Waals surface area contributed by atoms with Gasteiger partial charge in [0.05, 0.1) is 44.7 Å². The van der Waals surface area contributed by atoms with Gasteiger partial charge in [-0.2, -0.15) is 0 Å². The van der Waals surface area contributed by atoms with E-state index in [0.717, 1.165) is 56.1 Å². The van der Waals surface area contributed by atoms with Crippen LogP contribution >= 0.6 is 0 Å². The summed E-state index contributed by atoms with van der Waals surface area (Å²) in [5, 5.41) is 34.2. The average molecular weight is 923 g/mol. The zero-order valence-electron chi connectivity index (χ0n) is 39.9. The molecule has 3 aliphatic rings. The number of amides is 1. The van der Waals surface area contributed by atoms with Gasteiger partial charge in [-0.05, 0) is 80.7 Å². The monoisotopic (exact) mass is 923 g/mol. The van der Waals surface area contributed by atoms with Gasteiger partial charge in [-0.1, -0.05) is 113 Å². The van der Waals surface area contributed by atoms with E-state index in [1.165, 1.54) is 51.0 Å². The van der Waals surface area contributed by atoms with Crippen molar-refractivity contribution in [2.45, 2.75) is 147 Å². The third-order valence-electron chi connectivity index (χ3n) is 13.3. The van der Waals surface area contributed by atoms with Crippen molar-refractivity contribution in [3.8, 4) is 11.5 Å². The predicted octanol–water partition coefficient (Wildman–Crippen LogP) is 10.4. The van der Waals surface area contributed by atoms with Gasteiger partial charge in [-0.15, -0.1) is 6.58 Å². The van der Waals surface area contributed by atoms with Gasteiger partial charge in [-0.25, -0.2) is 9.18 Å². The van der Waals surface area contributed by atoms with Gasteiger partial charge >= 0.3 is 6.09 Å². The molecule has 1 saturated carbocycles. The van der Waals surface area contributed by atoms with E-state index in [2.05, 4.69) is 19.6 Å². The maximum atomic E-state index is 14.8.